The second-order valence-corrected chi connectivity index (χ2v) is 4.37. The maximum Gasteiger partial charge on any atom is 0.301 e. The van der Waals surface area contributed by atoms with Gasteiger partial charge < -0.3 is 4.42 Å². The van der Waals surface area contributed by atoms with E-state index in [0.717, 1.165) is 5.56 Å². The second kappa shape index (κ2) is 5.36. The van der Waals surface area contributed by atoms with E-state index in [9.17, 15) is 4.79 Å². The Morgan fingerprint density at radius 1 is 1.37 bits per heavy atom. The van der Waals surface area contributed by atoms with Gasteiger partial charge in [-0.2, -0.15) is 10.2 Å². The van der Waals surface area contributed by atoms with Crippen molar-refractivity contribution in [2.45, 2.75) is 13.8 Å². The molecule has 5 heteroatoms. The fraction of sp³-hybridized carbons (Fsp3) is 0.214. The number of hydrogen-bond donors (Lipinski definition) is 1. The van der Waals surface area contributed by atoms with Crippen molar-refractivity contribution < 1.29 is 9.21 Å². The Bertz CT molecular complexity index is 621. The minimum atomic E-state index is -0.145. The number of oxazole rings is 1. The zero-order valence-electron chi connectivity index (χ0n) is 10.7. The molecule has 0 spiro atoms. The van der Waals surface area contributed by atoms with Crippen molar-refractivity contribution in [3.63, 3.8) is 0 Å². The van der Waals surface area contributed by atoms with Gasteiger partial charge in [0.1, 0.15) is 12.0 Å². The lowest BCUT2D eigenvalue weighted by molar-refractivity contribution is -0.119. The van der Waals surface area contributed by atoms with Gasteiger partial charge in [-0.1, -0.05) is 26.0 Å². The molecular weight excluding hydrogens is 242 g/mol. The molecule has 0 fully saturated rings. The van der Waals surface area contributed by atoms with Crippen LogP contribution in [0.2, 0.25) is 0 Å². The van der Waals surface area contributed by atoms with Gasteiger partial charge in [0.15, 0.2) is 0 Å². The van der Waals surface area contributed by atoms with Crippen LogP contribution in [0.15, 0.2) is 34.9 Å². The number of nitrogens with one attached hydrogen (secondary N) is 1. The standard InChI is InChI=1S/C14H13N3O2/c1-9(2)13(18)17-14-16-12(8-19-14)11-5-3-10(7-15)4-6-11/h3-6,8-9H,1-2H3,(H,16,17,18). The summed E-state index contributed by atoms with van der Waals surface area (Å²) in [5.74, 6) is -0.279. The van der Waals surface area contributed by atoms with Gasteiger partial charge in [0.2, 0.25) is 5.91 Å². The number of carbonyl (C=O) groups is 1. The van der Waals surface area contributed by atoms with Crippen molar-refractivity contribution in [3.8, 4) is 17.3 Å². The van der Waals surface area contributed by atoms with Crippen molar-refractivity contribution in [3.05, 3.63) is 36.1 Å². The van der Waals surface area contributed by atoms with Crippen LogP contribution in [0.3, 0.4) is 0 Å². The van der Waals surface area contributed by atoms with E-state index < -0.39 is 0 Å². The van der Waals surface area contributed by atoms with Crippen LogP contribution in [0.4, 0.5) is 6.01 Å². The predicted octanol–water partition coefficient (Wildman–Crippen LogP) is 2.81. The van der Waals surface area contributed by atoms with Crippen LogP contribution in [0.1, 0.15) is 19.4 Å². The van der Waals surface area contributed by atoms with Crippen LogP contribution in [0.5, 0.6) is 0 Å². The number of benzene rings is 1. The average Bonchev–Trinajstić information content (AvgIpc) is 2.87. The molecule has 1 aromatic carbocycles. The number of amides is 1. The minimum Gasteiger partial charge on any atom is -0.431 e. The number of anilines is 1. The Morgan fingerprint density at radius 2 is 2.05 bits per heavy atom. The summed E-state index contributed by atoms with van der Waals surface area (Å²) in [6.07, 6.45) is 1.47. The molecule has 5 nitrogen and oxygen atoms in total. The van der Waals surface area contributed by atoms with Crippen molar-refractivity contribution in [1.29, 1.82) is 5.26 Å². The first-order chi connectivity index (χ1) is 9.10. The van der Waals surface area contributed by atoms with E-state index in [4.69, 9.17) is 9.68 Å². The number of carbonyl (C=O) groups excluding carboxylic acids is 1. The first-order valence-electron chi connectivity index (χ1n) is 5.87. The van der Waals surface area contributed by atoms with Crippen LogP contribution in [0, 0.1) is 17.2 Å². The SMILES string of the molecule is CC(C)C(=O)Nc1nc(-c2ccc(C#N)cc2)co1. The lowest BCUT2D eigenvalue weighted by atomic mass is 10.1. The molecule has 1 amide bonds. The van der Waals surface area contributed by atoms with Crippen LogP contribution in [0.25, 0.3) is 11.3 Å². The molecule has 0 aliphatic carbocycles. The van der Waals surface area contributed by atoms with Crippen molar-refractivity contribution in [2.24, 2.45) is 5.92 Å². The molecule has 0 bridgehead atoms. The summed E-state index contributed by atoms with van der Waals surface area (Å²) in [6.45, 7) is 3.58. The number of nitrogens with zero attached hydrogens (tertiary/aromatic N) is 2. The maximum absolute atomic E-state index is 11.5. The first-order valence-corrected chi connectivity index (χ1v) is 5.87. The van der Waals surface area contributed by atoms with E-state index in [0.29, 0.717) is 11.3 Å². The highest BCUT2D eigenvalue weighted by molar-refractivity contribution is 5.90. The minimum absolute atomic E-state index is 0.134. The fourth-order valence-corrected chi connectivity index (χ4v) is 1.43. The zero-order chi connectivity index (χ0) is 13.8. The lowest BCUT2D eigenvalue weighted by Gasteiger charge is -2.02. The van der Waals surface area contributed by atoms with E-state index in [1.165, 1.54) is 6.26 Å². The Labute approximate surface area is 110 Å². The predicted molar refractivity (Wildman–Crippen MR) is 70.1 cm³/mol. The molecular formula is C14H13N3O2. The first kappa shape index (κ1) is 12.8. The van der Waals surface area contributed by atoms with Gasteiger partial charge in [0.05, 0.1) is 11.6 Å². The van der Waals surface area contributed by atoms with Crippen LogP contribution in [-0.4, -0.2) is 10.9 Å². The quantitative estimate of drug-likeness (QED) is 0.914. The van der Waals surface area contributed by atoms with E-state index in [1.807, 2.05) is 6.07 Å². The molecule has 0 atom stereocenters. The summed E-state index contributed by atoms with van der Waals surface area (Å²) >= 11 is 0. The number of nitriles is 1. The van der Waals surface area contributed by atoms with E-state index >= 15 is 0 Å². The monoisotopic (exact) mass is 255 g/mol. The molecule has 0 unspecified atom stereocenters. The highest BCUT2D eigenvalue weighted by atomic mass is 16.4. The summed E-state index contributed by atoms with van der Waals surface area (Å²) in [7, 11) is 0. The van der Waals surface area contributed by atoms with Gasteiger partial charge >= 0.3 is 6.01 Å². The van der Waals surface area contributed by atoms with Crippen molar-refractivity contribution in [2.75, 3.05) is 5.32 Å². The van der Waals surface area contributed by atoms with Crippen LogP contribution >= 0.6 is 0 Å². The largest absolute Gasteiger partial charge is 0.431 e. The Morgan fingerprint density at radius 3 is 2.63 bits per heavy atom. The summed E-state index contributed by atoms with van der Waals surface area (Å²) in [4.78, 5) is 15.7. The molecule has 2 aromatic rings. The zero-order valence-corrected chi connectivity index (χ0v) is 10.7. The van der Waals surface area contributed by atoms with Gasteiger partial charge in [-0.3, -0.25) is 10.1 Å². The molecule has 2 rings (SSSR count). The highest BCUT2D eigenvalue weighted by Crippen LogP contribution is 2.21. The summed E-state index contributed by atoms with van der Waals surface area (Å²) < 4.78 is 5.19. The Kier molecular flexibility index (Phi) is 3.62. The van der Waals surface area contributed by atoms with Crippen LogP contribution in [-0.2, 0) is 4.79 Å². The lowest BCUT2D eigenvalue weighted by Crippen LogP contribution is -2.17. The normalized spacial score (nSPS) is 10.2. The second-order valence-electron chi connectivity index (χ2n) is 4.37. The molecule has 96 valence electrons. The molecule has 0 saturated heterocycles. The highest BCUT2D eigenvalue weighted by Gasteiger charge is 2.12. The van der Waals surface area contributed by atoms with Crippen molar-refractivity contribution in [1.82, 2.24) is 4.98 Å². The van der Waals surface area contributed by atoms with Gasteiger partial charge in [-0.15, -0.1) is 0 Å². The van der Waals surface area contributed by atoms with Gasteiger partial charge in [0.25, 0.3) is 0 Å². The molecule has 1 heterocycles. The maximum atomic E-state index is 11.5. The molecule has 0 radical (unpaired) electrons. The number of aromatic nitrogens is 1. The fourth-order valence-electron chi connectivity index (χ4n) is 1.43. The Hall–Kier alpha value is -2.61. The van der Waals surface area contributed by atoms with Crippen LogP contribution < -0.4 is 5.32 Å². The van der Waals surface area contributed by atoms with E-state index in [2.05, 4.69) is 10.3 Å². The van der Waals surface area contributed by atoms with Gasteiger partial charge in [-0.05, 0) is 12.1 Å². The molecule has 1 aromatic heterocycles. The smallest absolute Gasteiger partial charge is 0.301 e. The molecule has 0 aliphatic rings. The average molecular weight is 255 g/mol. The Balaban J connectivity index is 2.16. The third-order valence-corrected chi connectivity index (χ3v) is 2.57. The molecule has 1 N–H and O–H groups in total. The third-order valence-electron chi connectivity index (χ3n) is 2.57. The number of hydrogen-bond acceptors (Lipinski definition) is 4. The van der Waals surface area contributed by atoms with E-state index in [1.54, 1.807) is 38.1 Å². The molecule has 19 heavy (non-hydrogen) atoms. The van der Waals surface area contributed by atoms with Gasteiger partial charge in [-0.25, -0.2) is 0 Å². The summed E-state index contributed by atoms with van der Waals surface area (Å²) in [6, 6.07) is 9.20. The topological polar surface area (TPSA) is 78.9 Å². The molecule has 0 aliphatic heterocycles. The summed E-state index contributed by atoms with van der Waals surface area (Å²) in [5, 5.41) is 11.3. The summed E-state index contributed by atoms with van der Waals surface area (Å²) in [5.41, 5.74) is 2.02. The van der Waals surface area contributed by atoms with Crippen molar-refractivity contribution >= 4 is 11.9 Å². The number of rotatable bonds is 3. The van der Waals surface area contributed by atoms with E-state index in [-0.39, 0.29) is 17.8 Å². The third kappa shape index (κ3) is 2.99. The van der Waals surface area contributed by atoms with Gasteiger partial charge in [0, 0.05) is 11.5 Å². The molecule has 0 saturated carbocycles.